The number of amides is 1. The Morgan fingerprint density at radius 1 is 1.62 bits per heavy atom. The first-order chi connectivity index (χ1) is 6.09. The van der Waals surface area contributed by atoms with Gasteiger partial charge in [0.05, 0.1) is 6.54 Å². The highest BCUT2D eigenvalue weighted by Crippen LogP contribution is 2.00. The van der Waals surface area contributed by atoms with Crippen LogP contribution in [0, 0.1) is 6.92 Å². The molecule has 1 N–H and O–H groups in total. The van der Waals surface area contributed by atoms with Gasteiger partial charge in [-0.05, 0) is 6.92 Å². The second-order valence-corrected chi connectivity index (χ2v) is 2.79. The molecule has 0 atom stereocenters. The first-order valence-corrected chi connectivity index (χ1v) is 3.84. The lowest BCUT2D eigenvalue weighted by Crippen LogP contribution is -2.28. The molecule has 0 spiro atoms. The van der Waals surface area contributed by atoms with E-state index in [9.17, 15) is 4.79 Å². The standard InChI is InChI=1S/C7H12N4O2/c1-5-9-7(13-10-5)8-4-6(12)11(2)3/h4H2,1-3H3,(H,8,9,10). The number of carbonyl (C=O) groups excluding carboxylic acids is 1. The van der Waals surface area contributed by atoms with Gasteiger partial charge in [-0.1, -0.05) is 5.16 Å². The molecule has 1 aromatic heterocycles. The number of aromatic nitrogens is 2. The second kappa shape index (κ2) is 3.88. The molecule has 0 aliphatic carbocycles. The van der Waals surface area contributed by atoms with E-state index in [1.807, 2.05) is 0 Å². The average Bonchev–Trinajstić information content (AvgIpc) is 2.47. The summed E-state index contributed by atoms with van der Waals surface area (Å²) in [6, 6.07) is 0.271. The van der Waals surface area contributed by atoms with Gasteiger partial charge in [-0.15, -0.1) is 0 Å². The maximum Gasteiger partial charge on any atom is 0.321 e. The van der Waals surface area contributed by atoms with Crippen molar-refractivity contribution in [1.29, 1.82) is 0 Å². The zero-order valence-electron chi connectivity index (χ0n) is 7.87. The molecule has 0 saturated carbocycles. The minimum atomic E-state index is -0.0455. The minimum Gasteiger partial charge on any atom is -0.347 e. The molecule has 6 nitrogen and oxygen atoms in total. The number of aryl methyl sites for hydroxylation is 1. The van der Waals surface area contributed by atoms with Gasteiger partial charge in [0.1, 0.15) is 0 Å². The van der Waals surface area contributed by atoms with Crippen molar-refractivity contribution in [3.8, 4) is 0 Å². The molecule has 13 heavy (non-hydrogen) atoms. The van der Waals surface area contributed by atoms with Crippen molar-refractivity contribution in [2.45, 2.75) is 6.92 Å². The zero-order valence-corrected chi connectivity index (χ0v) is 7.87. The average molecular weight is 184 g/mol. The maximum absolute atomic E-state index is 11.1. The Morgan fingerprint density at radius 2 is 2.31 bits per heavy atom. The number of nitrogens with zero attached hydrogens (tertiary/aromatic N) is 3. The molecular weight excluding hydrogens is 172 g/mol. The number of hydrogen-bond donors (Lipinski definition) is 1. The van der Waals surface area contributed by atoms with E-state index in [4.69, 9.17) is 4.52 Å². The van der Waals surface area contributed by atoms with Gasteiger partial charge in [0.25, 0.3) is 0 Å². The van der Waals surface area contributed by atoms with Crippen molar-refractivity contribution >= 4 is 11.9 Å². The van der Waals surface area contributed by atoms with E-state index in [0.717, 1.165) is 0 Å². The van der Waals surface area contributed by atoms with Crippen molar-refractivity contribution in [1.82, 2.24) is 15.0 Å². The SMILES string of the molecule is Cc1noc(NCC(=O)N(C)C)n1. The van der Waals surface area contributed by atoms with E-state index in [2.05, 4.69) is 15.5 Å². The fraction of sp³-hybridized carbons (Fsp3) is 0.571. The lowest BCUT2D eigenvalue weighted by atomic mass is 10.5. The van der Waals surface area contributed by atoms with Crippen LogP contribution in [0.15, 0.2) is 4.52 Å². The summed E-state index contributed by atoms with van der Waals surface area (Å²) in [5, 5.41) is 6.28. The van der Waals surface area contributed by atoms with Gasteiger partial charge in [0.15, 0.2) is 5.82 Å². The molecule has 6 heteroatoms. The third kappa shape index (κ3) is 2.73. The molecule has 72 valence electrons. The summed E-state index contributed by atoms with van der Waals surface area (Å²) >= 11 is 0. The summed E-state index contributed by atoms with van der Waals surface area (Å²) in [6.45, 7) is 1.87. The number of carbonyl (C=O) groups is 1. The van der Waals surface area contributed by atoms with Crippen LogP contribution >= 0.6 is 0 Å². The monoisotopic (exact) mass is 184 g/mol. The predicted octanol–water partition coefficient (Wildman–Crippen LogP) is -0.122. The van der Waals surface area contributed by atoms with E-state index < -0.39 is 0 Å². The van der Waals surface area contributed by atoms with E-state index in [-0.39, 0.29) is 18.5 Å². The van der Waals surface area contributed by atoms with Crippen molar-refractivity contribution in [3.05, 3.63) is 5.82 Å². The van der Waals surface area contributed by atoms with E-state index in [1.165, 1.54) is 4.90 Å². The third-order valence-corrected chi connectivity index (χ3v) is 1.42. The highest BCUT2D eigenvalue weighted by Gasteiger charge is 2.06. The fourth-order valence-electron chi connectivity index (χ4n) is 0.678. The molecule has 0 radical (unpaired) electrons. The Morgan fingerprint density at radius 3 is 2.77 bits per heavy atom. The molecule has 0 aromatic carbocycles. The third-order valence-electron chi connectivity index (χ3n) is 1.42. The van der Waals surface area contributed by atoms with Crippen LogP contribution in [0.25, 0.3) is 0 Å². The Balaban J connectivity index is 2.39. The van der Waals surface area contributed by atoms with Gasteiger partial charge in [-0.25, -0.2) is 0 Å². The van der Waals surface area contributed by atoms with Crippen molar-refractivity contribution in [2.75, 3.05) is 26.0 Å². The molecule has 1 amide bonds. The Bertz CT molecular complexity index is 294. The first-order valence-electron chi connectivity index (χ1n) is 3.84. The smallest absolute Gasteiger partial charge is 0.321 e. The molecule has 0 unspecified atom stereocenters. The maximum atomic E-state index is 11.1. The second-order valence-electron chi connectivity index (χ2n) is 2.79. The molecule has 0 aliphatic rings. The van der Waals surface area contributed by atoms with Crippen LogP contribution in [-0.2, 0) is 4.79 Å². The van der Waals surface area contributed by atoms with Gasteiger partial charge in [-0.3, -0.25) is 4.79 Å². The summed E-state index contributed by atoms with van der Waals surface area (Å²) in [5.74, 6) is 0.496. The highest BCUT2D eigenvalue weighted by atomic mass is 16.5. The number of nitrogens with one attached hydrogen (secondary N) is 1. The topological polar surface area (TPSA) is 71.3 Å². The summed E-state index contributed by atoms with van der Waals surface area (Å²) in [5.41, 5.74) is 0. The zero-order chi connectivity index (χ0) is 9.84. The Kier molecular flexibility index (Phi) is 2.84. The Hall–Kier alpha value is -1.59. The molecule has 0 fully saturated rings. The van der Waals surface area contributed by atoms with E-state index >= 15 is 0 Å². The summed E-state index contributed by atoms with van der Waals surface area (Å²) in [7, 11) is 3.37. The van der Waals surface area contributed by atoms with Crippen LogP contribution in [0.5, 0.6) is 0 Å². The lowest BCUT2D eigenvalue weighted by Gasteiger charge is -2.08. The molecule has 1 heterocycles. The van der Waals surface area contributed by atoms with Crippen LogP contribution < -0.4 is 5.32 Å². The van der Waals surface area contributed by atoms with Crippen LogP contribution in [0.4, 0.5) is 6.01 Å². The normalized spacial score (nSPS) is 9.77. The number of rotatable bonds is 3. The Labute approximate surface area is 75.9 Å². The largest absolute Gasteiger partial charge is 0.347 e. The van der Waals surface area contributed by atoms with Gasteiger partial charge in [0, 0.05) is 14.1 Å². The van der Waals surface area contributed by atoms with E-state index in [0.29, 0.717) is 5.82 Å². The quantitative estimate of drug-likeness (QED) is 0.709. The first kappa shape index (κ1) is 9.50. The molecular formula is C7H12N4O2. The van der Waals surface area contributed by atoms with Crippen molar-refractivity contribution in [3.63, 3.8) is 0 Å². The number of likely N-dealkylation sites (N-methyl/N-ethyl adjacent to an activating group) is 1. The van der Waals surface area contributed by atoms with Crippen LogP contribution in [-0.4, -0.2) is 41.6 Å². The van der Waals surface area contributed by atoms with Crippen LogP contribution in [0.2, 0.25) is 0 Å². The van der Waals surface area contributed by atoms with Crippen LogP contribution in [0.1, 0.15) is 5.82 Å². The highest BCUT2D eigenvalue weighted by molar-refractivity contribution is 5.79. The molecule has 1 rings (SSSR count). The summed E-state index contributed by atoms with van der Waals surface area (Å²) in [4.78, 5) is 16.5. The van der Waals surface area contributed by atoms with Crippen LogP contribution in [0.3, 0.4) is 0 Å². The predicted molar refractivity (Wildman–Crippen MR) is 46.2 cm³/mol. The van der Waals surface area contributed by atoms with Gasteiger partial charge < -0.3 is 14.7 Å². The summed E-state index contributed by atoms with van der Waals surface area (Å²) < 4.78 is 4.75. The fourth-order valence-corrected chi connectivity index (χ4v) is 0.678. The van der Waals surface area contributed by atoms with E-state index in [1.54, 1.807) is 21.0 Å². The molecule has 0 aliphatic heterocycles. The molecule has 0 bridgehead atoms. The van der Waals surface area contributed by atoms with Gasteiger partial charge in [-0.2, -0.15) is 4.98 Å². The summed E-state index contributed by atoms with van der Waals surface area (Å²) in [6.07, 6.45) is 0. The van der Waals surface area contributed by atoms with Gasteiger partial charge >= 0.3 is 6.01 Å². The van der Waals surface area contributed by atoms with Crippen molar-refractivity contribution in [2.24, 2.45) is 0 Å². The molecule has 1 aromatic rings. The number of anilines is 1. The lowest BCUT2D eigenvalue weighted by molar-refractivity contribution is -0.126. The minimum absolute atomic E-state index is 0.0455. The van der Waals surface area contributed by atoms with Gasteiger partial charge in [0.2, 0.25) is 5.91 Å². The molecule has 0 saturated heterocycles. The van der Waals surface area contributed by atoms with Crippen molar-refractivity contribution < 1.29 is 9.32 Å². The number of hydrogen-bond acceptors (Lipinski definition) is 5.